The van der Waals surface area contributed by atoms with Gasteiger partial charge in [0.1, 0.15) is 5.82 Å². The summed E-state index contributed by atoms with van der Waals surface area (Å²) in [4.78, 5) is 2.64. The van der Waals surface area contributed by atoms with Crippen LogP contribution in [0.15, 0.2) is 24.3 Å². The lowest BCUT2D eigenvalue weighted by Crippen LogP contribution is -2.12. The second-order valence-electron chi connectivity index (χ2n) is 4.95. The number of thiophene rings is 1. The maximum absolute atomic E-state index is 13.3. The highest BCUT2D eigenvalue weighted by Gasteiger charge is 2.18. The molecule has 2 heterocycles. The molecule has 0 saturated heterocycles. The van der Waals surface area contributed by atoms with Gasteiger partial charge in [-0.3, -0.25) is 0 Å². The molecule has 0 aliphatic carbocycles. The third-order valence-electron chi connectivity index (χ3n) is 3.46. The fraction of sp³-hybridized carbons (Fsp3) is 0.333. The lowest BCUT2D eigenvalue weighted by atomic mass is 10.0. The number of halogens is 2. The molecule has 5 heteroatoms. The Morgan fingerprint density at radius 2 is 2.20 bits per heavy atom. The summed E-state index contributed by atoms with van der Waals surface area (Å²) in [6.07, 6.45) is 1.71. The Balaban J connectivity index is 1.80. The summed E-state index contributed by atoms with van der Waals surface area (Å²) >= 11 is 9.87. The summed E-state index contributed by atoms with van der Waals surface area (Å²) in [6, 6.07) is 6.54. The summed E-state index contributed by atoms with van der Waals surface area (Å²) in [5.74, 6) is 2.01. The first-order valence-electron chi connectivity index (χ1n) is 6.52. The second-order valence-corrected chi connectivity index (χ2v) is 7.63. The van der Waals surface area contributed by atoms with Crippen LogP contribution in [0.1, 0.15) is 26.9 Å². The van der Waals surface area contributed by atoms with Crippen LogP contribution < -0.4 is 5.73 Å². The number of nitrogens with two attached hydrogens (primary N) is 1. The maximum Gasteiger partial charge on any atom is 0.123 e. The molecule has 0 saturated carbocycles. The summed E-state index contributed by atoms with van der Waals surface area (Å²) in [7, 11) is 0. The zero-order chi connectivity index (χ0) is 14.1. The van der Waals surface area contributed by atoms with E-state index < -0.39 is 0 Å². The predicted molar refractivity (Wildman–Crippen MR) is 86.2 cm³/mol. The Kier molecular flexibility index (Phi) is 4.36. The molecule has 1 aromatic heterocycles. The highest BCUT2D eigenvalue weighted by atomic mass is 35.5. The topological polar surface area (TPSA) is 26.0 Å². The molecular formula is C15H15ClFNS2. The molecular weight excluding hydrogens is 313 g/mol. The SMILES string of the molecule is NC(Cc1cc(F)ccc1Cl)c1cc2c(s1)CCSC2. The third kappa shape index (κ3) is 3.03. The van der Waals surface area contributed by atoms with Crippen LogP contribution in [-0.2, 0) is 18.6 Å². The standard InChI is InChI=1S/C15H15ClFNS2/c16-12-2-1-11(17)5-9(12)6-13(18)15-7-10-8-19-4-3-14(10)20-15/h1-2,5,7,13H,3-4,6,8,18H2. The predicted octanol–water partition coefficient (Wildman–Crippen LogP) is 4.57. The number of aryl methyl sites for hydroxylation is 1. The summed E-state index contributed by atoms with van der Waals surface area (Å²) < 4.78 is 13.3. The molecule has 0 amide bonds. The molecule has 0 fully saturated rings. The number of thioether (sulfide) groups is 1. The minimum Gasteiger partial charge on any atom is -0.323 e. The van der Waals surface area contributed by atoms with Crippen molar-refractivity contribution >= 4 is 34.7 Å². The molecule has 1 aromatic carbocycles. The molecule has 1 unspecified atom stereocenters. The van der Waals surface area contributed by atoms with Gasteiger partial charge in [0.05, 0.1) is 0 Å². The van der Waals surface area contributed by atoms with Gasteiger partial charge in [0.15, 0.2) is 0 Å². The normalized spacial score (nSPS) is 15.9. The molecule has 3 rings (SSSR count). The van der Waals surface area contributed by atoms with Crippen LogP contribution >= 0.6 is 34.7 Å². The Morgan fingerprint density at radius 1 is 1.35 bits per heavy atom. The monoisotopic (exact) mass is 327 g/mol. The Bertz CT molecular complexity index is 603. The Morgan fingerprint density at radius 3 is 3.00 bits per heavy atom. The van der Waals surface area contributed by atoms with Gasteiger partial charge in [-0.05, 0) is 54.0 Å². The highest BCUT2D eigenvalue weighted by molar-refractivity contribution is 7.98. The van der Waals surface area contributed by atoms with Crippen molar-refractivity contribution < 1.29 is 4.39 Å². The Hall–Kier alpha value is -0.550. The largest absolute Gasteiger partial charge is 0.323 e. The molecule has 1 aliphatic rings. The smallest absolute Gasteiger partial charge is 0.123 e. The lowest BCUT2D eigenvalue weighted by Gasteiger charge is -2.11. The molecule has 1 aliphatic heterocycles. The third-order valence-corrected chi connectivity index (χ3v) is 6.21. The quantitative estimate of drug-likeness (QED) is 0.893. The molecule has 2 N–H and O–H groups in total. The molecule has 0 spiro atoms. The number of hydrogen-bond donors (Lipinski definition) is 1. The molecule has 0 radical (unpaired) electrons. The van der Waals surface area contributed by atoms with E-state index in [-0.39, 0.29) is 11.9 Å². The van der Waals surface area contributed by atoms with E-state index in [0.717, 1.165) is 17.7 Å². The van der Waals surface area contributed by atoms with Gasteiger partial charge in [0.2, 0.25) is 0 Å². The van der Waals surface area contributed by atoms with Crippen molar-refractivity contribution in [3.8, 4) is 0 Å². The summed E-state index contributed by atoms with van der Waals surface area (Å²) in [6.45, 7) is 0. The van der Waals surface area contributed by atoms with Crippen molar-refractivity contribution in [3.63, 3.8) is 0 Å². The van der Waals surface area contributed by atoms with E-state index in [2.05, 4.69) is 6.07 Å². The van der Waals surface area contributed by atoms with Crippen LogP contribution in [0.5, 0.6) is 0 Å². The number of benzene rings is 1. The molecule has 1 atom stereocenters. The van der Waals surface area contributed by atoms with Crippen molar-refractivity contribution in [2.45, 2.75) is 24.6 Å². The lowest BCUT2D eigenvalue weighted by molar-refractivity contribution is 0.622. The number of hydrogen-bond acceptors (Lipinski definition) is 3. The van der Waals surface area contributed by atoms with E-state index in [1.807, 2.05) is 11.8 Å². The summed E-state index contributed by atoms with van der Waals surface area (Å²) in [5, 5.41) is 0.582. The van der Waals surface area contributed by atoms with Gasteiger partial charge in [-0.15, -0.1) is 11.3 Å². The first-order valence-corrected chi connectivity index (χ1v) is 8.87. The number of fused-ring (bicyclic) bond motifs is 1. The van der Waals surface area contributed by atoms with Gasteiger partial charge in [-0.2, -0.15) is 11.8 Å². The average molecular weight is 328 g/mol. The van der Waals surface area contributed by atoms with Crippen LogP contribution in [0.2, 0.25) is 5.02 Å². The molecule has 1 nitrogen and oxygen atoms in total. The molecule has 20 heavy (non-hydrogen) atoms. The van der Waals surface area contributed by atoms with Crippen LogP contribution in [0.25, 0.3) is 0 Å². The van der Waals surface area contributed by atoms with E-state index in [0.29, 0.717) is 11.4 Å². The second kappa shape index (κ2) is 6.06. The first kappa shape index (κ1) is 14.4. The highest BCUT2D eigenvalue weighted by Crippen LogP contribution is 2.35. The Labute approximate surface area is 131 Å². The number of rotatable bonds is 3. The molecule has 0 bridgehead atoms. The first-order chi connectivity index (χ1) is 9.63. The van der Waals surface area contributed by atoms with Gasteiger partial charge in [0, 0.05) is 26.6 Å². The molecule has 2 aromatic rings. The van der Waals surface area contributed by atoms with Crippen molar-refractivity contribution in [2.24, 2.45) is 5.73 Å². The van der Waals surface area contributed by atoms with Gasteiger partial charge in [-0.25, -0.2) is 4.39 Å². The minimum atomic E-state index is -0.265. The van der Waals surface area contributed by atoms with Gasteiger partial charge < -0.3 is 5.73 Å². The van der Waals surface area contributed by atoms with Crippen LogP contribution in [0.4, 0.5) is 4.39 Å². The zero-order valence-electron chi connectivity index (χ0n) is 10.9. The van der Waals surface area contributed by atoms with Crippen molar-refractivity contribution in [3.05, 3.63) is 56.0 Å². The fourth-order valence-electron chi connectivity index (χ4n) is 2.39. The van der Waals surface area contributed by atoms with E-state index in [1.165, 1.54) is 33.2 Å². The van der Waals surface area contributed by atoms with Gasteiger partial charge >= 0.3 is 0 Å². The van der Waals surface area contributed by atoms with Crippen LogP contribution in [0.3, 0.4) is 0 Å². The zero-order valence-corrected chi connectivity index (χ0v) is 13.3. The summed E-state index contributed by atoms with van der Waals surface area (Å²) in [5.41, 5.74) is 8.48. The van der Waals surface area contributed by atoms with E-state index in [9.17, 15) is 4.39 Å². The average Bonchev–Trinajstić information content (AvgIpc) is 2.87. The van der Waals surface area contributed by atoms with Gasteiger partial charge in [0.25, 0.3) is 0 Å². The fourth-order valence-corrected chi connectivity index (χ4v) is 4.96. The van der Waals surface area contributed by atoms with E-state index in [1.54, 1.807) is 17.4 Å². The van der Waals surface area contributed by atoms with Crippen molar-refractivity contribution in [1.82, 2.24) is 0 Å². The molecule has 106 valence electrons. The van der Waals surface area contributed by atoms with Crippen molar-refractivity contribution in [1.29, 1.82) is 0 Å². The minimum absolute atomic E-state index is 0.116. The van der Waals surface area contributed by atoms with Crippen molar-refractivity contribution in [2.75, 3.05) is 5.75 Å². The van der Waals surface area contributed by atoms with E-state index >= 15 is 0 Å². The van der Waals surface area contributed by atoms with E-state index in [4.69, 9.17) is 17.3 Å². The van der Waals surface area contributed by atoms with Crippen LogP contribution in [0, 0.1) is 5.82 Å². The van der Waals surface area contributed by atoms with Crippen LogP contribution in [-0.4, -0.2) is 5.75 Å². The maximum atomic E-state index is 13.3. The van der Waals surface area contributed by atoms with Gasteiger partial charge in [-0.1, -0.05) is 11.6 Å².